The minimum atomic E-state index is -0.874. The molecule has 3 heterocycles. The number of aromatic hydroxyl groups is 1. The van der Waals surface area contributed by atoms with Gasteiger partial charge in [-0.3, -0.25) is 24.1 Å². The number of nitrogens with one attached hydrogen (secondary N) is 2. The van der Waals surface area contributed by atoms with Crippen LogP contribution in [0.25, 0.3) is 21.6 Å². The predicted octanol–water partition coefficient (Wildman–Crippen LogP) is 9.47. The number of aryl methyl sites for hydroxylation is 1. The number of aromatic nitrogens is 1. The van der Waals surface area contributed by atoms with Crippen LogP contribution in [0.1, 0.15) is 107 Å². The van der Waals surface area contributed by atoms with E-state index in [0.717, 1.165) is 101 Å². The van der Waals surface area contributed by atoms with Crippen molar-refractivity contribution in [2.24, 2.45) is 5.41 Å². The van der Waals surface area contributed by atoms with Crippen LogP contribution in [0.2, 0.25) is 0 Å². The maximum Gasteiger partial charge on any atom is 0.246 e. The van der Waals surface area contributed by atoms with E-state index in [4.69, 9.17) is 16.3 Å². The summed E-state index contributed by atoms with van der Waals surface area (Å²) in [6.45, 7) is 12.2. The molecule has 0 unspecified atom stereocenters. The topological polar surface area (TPSA) is 165 Å². The lowest BCUT2D eigenvalue weighted by Crippen LogP contribution is -2.57. The summed E-state index contributed by atoms with van der Waals surface area (Å²) >= 11 is 7.91. The summed E-state index contributed by atoms with van der Waals surface area (Å²) in [5.41, 5.74) is 9.45. The van der Waals surface area contributed by atoms with Crippen LogP contribution in [0.3, 0.4) is 0 Å². The van der Waals surface area contributed by atoms with Crippen molar-refractivity contribution < 1.29 is 34.1 Å². The molecule has 2 aliphatic rings. The highest BCUT2D eigenvalue weighted by atomic mass is 35.5. The first-order valence-electron chi connectivity index (χ1n) is 26.1. The maximum absolute atomic E-state index is 14.1. The number of aliphatic hydroxyl groups excluding tert-OH is 1. The van der Waals surface area contributed by atoms with E-state index < -0.39 is 23.6 Å². The third kappa shape index (κ3) is 15.5. The maximum atomic E-state index is 14.1. The van der Waals surface area contributed by atoms with E-state index in [-0.39, 0.29) is 55.3 Å². The molecule has 4 N–H and O–H groups in total. The number of allylic oxidation sites excluding steroid dienone is 1. The zero-order chi connectivity index (χ0) is 52.6. The smallest absolute Gasteiger partial charge is 0.246 e. The molecule has 0 spiro atoms. The van der Waals surface area contributed by atoms with Gasteiger partial charge in [-0.25, -0.2) is 4.98 Å². The number of phenols is 1. The van der Waals surface area contributed by atoms with Gasteiger partial charge in [-0.05, 0) is 94.8 Å². The van der Waals surface area contributed by atoms with Crippen LogP contribution in [0.15, 0.2) is 109 Å². The predicted molar refractivity (Wildman–Crippen MR) is 295 cm³/mol. The lowest BCUT2D eigenvalue weighted by atomic mass is 9.85. The number of aliphatic hydroxyl groups is 1. The Labute approximate surface area is 446 Å². The molecule has 2 saturated heterocycles. The van der Waals surface area contributed by atoms with Crippen molar-refractivity contribution in [1.82, 2.24) is 30.3 Å². The lowest BCUT2D eigenvalue weighted by molar-refractivity contribution is -0.144. The fourth-order valence-electron chi connectivity index (χ4n) is 9.79. The minimum Gasteiger partial charge on any atom is -0.508 e. The number of benzene rings is 4. The van der Waals surface area contributed by atoms with Crippen molar-refractivity contribution in [2.75, 3.05) is 51.8 Å². The Kier molecular flexibility index (Phi) is 20.3. The number of alkyl halides is 1. The summed E-state index contributed by atoms with van der Waals surface area (Å²) in [5.74, 6) is 0.708. The summed E-state index contributed by atoms with van der Waals surface area (Å²) in [7, 11) is 0. The number of piperazine rings is 1. The molecule has 3 atom stereocenters. The fourth-order valence-corrected chi connectivity index (χ4v) is 10.8. The summed E-state index contributed by atoms with van der Waals surface area (Å²) in [6, 6.07) is 31.9. The van der Waals surface area contributed by atoms with E-state index in [1.54, 1.807) is 23.5 Å². The first-order valence-corrected chi connectivity index (χ1v) is 27.5. The number of thiazole rings is 1. The van der Waals surface area contributed by atoms with Crippen molar-refractivity contribution in [3.05, 3.63) is 137 Å². The van der Waals surface area contributed by atoms with Crippen LogP contribution in [-0.2, 0) is 25.7 Å². The van der Waals surface area contributed by atoms with E-state index in [9.17, 15) is 29.4 Å². The molecular weight excluding hydrogens is 972 g/mol. The molecule has 0 bridgehead atoms. The van der Waals surface area contributed by atoms with Crippen molar-refractivity contribution in [1.29, 1.82) is 0 Å². The standard InChI is InChI=1S/C59H73ClN6O7S/c1-41-55(74-40-62-41)46-19-17-42(18-20-46)38-61-57(71)51-37-48(68)39-66(51)58(72)56(59(2,3)4)63-52(69)15-11-6-5-7-12-16-53(70)65-33-31-64(32-34-65)35-36-73-49-27-23-45(24-28-49)54(44-21-25-47(67)26-22-44)50(29-30-60)43-13-9-8-10-14-43/h8-10,13-14,17-28,40,48,51,56,67-68H,5-7,11-12,15-16,29-39H2,1-4H3,(H,61,71)(H,63,69)/t48-,51+,56-/m1/s1. The summed E-state index contributed by atoms with van der Waals surface area (Å²) in [5, 5.41) is 26.5. The van der Waals surface area contributed by atoms with Crippen molar-refractivity contribution >= 4 is 57.7 Å². The number of likely N-dealkylation sites (tertiary alicyclic amines) is 1. The Morgan fingerprint density at radius 1 is 0.811 bits per heavy atom. The Morgan fingerprint density at radius 3 is 2.09 bits per heavy atom. The highest BCUT2D eigenvalue weighted by molar-refractivity contribution is 7.13. The van der Waals surface area contributed by atoms with Crippen LogP contribution in [-0.4, -0.2) is 123 Å². The normalized spacial score (nSPS) is 16.9. The van der Waals surface area contributed by atoms with Gasteiger partial charge in [-0.2, -0.15) is 0 Å². The molecule has 74 heavy (non-hydrogen) atoms. The van der Waals surface area contributed by atoms with E-state index in [2.05, 4.69) is 44.8 Å². The molecule has 2 fully saturated rings. The number of carbonyl (C=O) groups excluding carboxylic acids is 4. The molecular formula is C59H73ClN6O7S. The van der Waals surface area contributed by atoms with Gasteiger partial charge in [0.15, 0.2) is 0 Å². The molecule has 15 heteroatoms. The minimum absolute atomic E-state index is 0.0199. The second-order valence-electron chi connectivity index (χ2n) is 20.5. The Bertz CT molecular complexity index is 2650. The molecule has 7 rings (SSSR count). The quantitative estimate of drug-likeness (QED) is 0.0284. The Morgan fingerprint density at radius 2 is 1.46 bits per heavy atom. The van der Waals surface area contributed by atoms with Gasteiger partial charge in [0.05, 0.1) is 22.2 Å². The van der Waals surface area contributed by atoms with Crippen LogP contribution in [0.5, 0.6) is 11.5 Å². The average molecular weight is 1050 g/mol. The molecule has 0 radical (unpaired) electrons. The number of carbonyl (C=O) groups is 4. The molecule has 1 aromatic heterocycles. The van der Waals surface area contributed by atoms with Crippen LogP contribution < -0.4 is 15.4 Å². The monoisotopic (exact) mass is 1040 g/mol. The van der Waals surface area contributed by atoms with Gasteiger partial charge in [-0.15, -0.1) is 22.9 Å². The number of unbranched alkanes of at least 4 members (excludes halogenated alkanes) is 4. The van der Waals surface area contributed by atoms with Crippen LogP contribution in [0, 0.1) is 12.3 Å². The second-order valence-corrected chi connectivity index (χ2v) is 21.7. The van der Waals surface area contributed by atoms with Gasteiger partial charge in [0.25, 0.3) is 0 Å². The molecule has 4 amide bonds. The highest BCUT2D eigenvalue weighted by Gasteiger charge is 2.44. The first-order chi connectivity index (χ1) is 35.7. The highest BCUT2D eigenvalue weighted by Crippen LogP contribution is 2.36. The third-order valence-corrected chi connectivity index (χ3v) is 15.1. The number of hydrogen-bond acceptors (Lipinski definition) is 10. The Balaban J connectivity index is 0.775. The van der Waals surface area contributed by atoms with E-state index in [0.29, 0.717) is 44.8 Å². The van der Waals surface area contributed by atoms with Gasteiger partial charge in [0, 0.05) is 71.0 Å². The lowest BCUT2D eigenvalue weighted by Gasteiger charge is -2.35. The molecule has 394 valence electrons. The van der Waals surface area contributed by atoms with Gasteiger partial charge in [0.1, 0.15) is 30.2 Å². The van der Waals surface area contributed by atoms with Crippen molar-refractivity contribution in [3.63, 3.8) is 0 Å². The summed E-state index contributed by atoms with van der Waals surface area (Å²) in [4.78, 5) is 65.0. The van der Waals surface area contributed by atoms with Gasteiger partial charge in [-0.1, -0.05) is 119 Å². The van der Waals surface area contributed by atoms with Crippen LogP contribution >= 0.6 is 22.9 Å². The number of β-amino-alcohol motifs (C(OH)–C–C–N with tert-alkyl or cyclic N) is 1. The van der Waals surface area contributed by atoms with Crippen molar-refractivity contribution in [3.8, 4) is 21.9 Å². The first kappa shape index (κ1) is 55.7. The third-order valence-electron chi connectivity index (χ3n) is 14.0. The van der Waals surface area contributed by atoms with Gasteiger partial charge in [0.2, 0.25) is 23.6 Å². The Hall–Kier alpha value is -6.06. The zero-order valence-electron chi connectivity index (χ0n) is 43.4. The summed E-state index contributed by atoms with van der Waals surface area (Å²) < 4.78 is 6.19. The largest absolute Gasteiger partial charge is 0.508 e. The number of nitrogens with zero attached hydrogens (tertiary/aromatic N) is 4. The number of amides is 4. The van der Waals surface area contributed by atoms with E-state index in [1.165, 1.54) is 4.90 Å². The van der Waals surface area contributed by atoms with E-state index in [1.807, 2.05) is 105 Å². The van der Waals surface area contributed by atoms with Crippen LogP contribution in [0.4, 0.5) is 0 Å². The molecule has 4 aromatic carbocycles. The molecule has 2 aliphatic heterocycles. The van der Waals surface area contributed by atoms with Gasteiger partial charge < -0.3 is 35.4 Å². The second kappa shape index (κ2) is 26.9. The molecule has 13 nitrogen and oxygen atoms in total. The SMILES string of the molecule is Cc1ncsc1-c1ccc(CNC(=O)[C@@H]2C[C@@H](O)CN2C(=O)[C@@H](NC(=O)CCCCCCCC(=O)N2CCN(CCOc3ccc(C(=C(CCCl)c4ccccc4)c4ccc(O)cc4)cc3)CC2)C(C)(C)C)cc1. The average Bonchev–Trinajstić information content (AvgIpc) is 4.02. The molecule has 0 aliphatic carbocycles. The number of ether oxygens (including phenoxy) is 1. The fraction of sp³-hybridized carbons (Fsp3) is 0.441. The zero-order valence-corrected chi connectivity index (χ0v) is 44.9. The van der Waals surface area contributed by atoms with Gasteiger partial charge >= 0.3 is 0 Å². The number of halogens is 1. The van der Waals surface area contributed by atoms with Crippen molar-refractivity contribution in [2.45, 2.75) is 110 Å². The van der Waals surface area contributed by atoms with E-state index >= 15 is 0 Å². The molecule has 5 aromatic rings. The number of rotatable bonds is 23. The summed E-state index contributed by atoms with van der Waals surface area (Å²) in [6.07, 6.45) is 4.80. The number of phenolic OH excluding ortho intramolecular Hbond substituents is 1. The number of hydrogen-bond donors (Lipinski definition) is 4. The molecule has 0 saturated carbocycles.